The minimum absolute atomic E-state index is 0.0622. The van der Waals surface area contributed by atoms with E-state index in [2.05, 4.69) is 23.5 Å². The Balaban J connectivity index is 1.42. The maximum Gasteiger partial charge on any atom is 0.250 e. The molecule has 0 saturated carbocycles. The minimum atomic E-state index is -1.27. The second-order valence-electron chi connectivity index (χ2n) is 13.1. The van der Waals surface area contributed by atoms with E-state index in [-0.39, 0.29) is 44.1 Å². The third-order valence-corrected chi connectivity index (χ3v) is 10.6. The Hall–Kier alpha value is -4.55. The van der Waals surface area contributed by atoms with Crippen molar-refractivity contribution < 1.29 is 29.0 Å². The monoisotopic (exact) mass is 670 g/mol. The summed E-state index contributed by atoms with van der Waals surface area (Å²) >= 11 is 0. The molecule has 6 rings (SSSR count). The van der Waals surface area contributed by atoms with Gasteiger partial charge in [-0.2, -0.15) is 0 Å². The van der Waals surface area contributed by atoms with Crippen LogP contribution in [0.3, 0.4) is 0 Å². The molecular formula is C37H46N6O6. The maximum absolute atomic E-state index is 15.0. The number of hydrogen-bond donors (Lipinski definition) is 1. The van der Waals surface area contributed by atoms with Gasteiger partial charge >= 0.3 is 0 Å². The predicted octanol–water partition coefficient (Wildman–Crippen LogP) is 3.95. The van der Waals surface area contributed by atoms with Crippen molar-refractivity contribution in [1.29, 1.82) is 0 Å². The number of carbonyl (C=O) groups is 3. The summed E-state index contributed by atoms with van der Waals surface area (Å²) in [6.45, 7) is 14.2. The van der Waals surface area contributed by atoms with Crippen molar-refractivity contribution in [3.05, 3.63) is 73.8 Å². The lowest BCUT2D eigenvalue weighted by atomic mass is 9.64. The largest absolute Gasteiger partial charge is 0.494 e. The number of nitrogens with zero attached hydrogens (tertiary/aromatic N) is 6. The Morgan fingerprint density at radius 1 is 1.08 bits per heavy atom. The highest BCUT2D eigenvalue weighted by Crippen LogP contribution is 2.65. The highest BCUT2D eigenvalue weighted by molar-refractivity contribution is 6.03. The average Bonchev–Trinajstić information content (AvgIpc) is 3.85. The first-order chi connectivity index (χ1) is 23.7. The molecule has 1 spiro atoms. The number of para-hydroxylation sites is 1. The van der Waals surface area contributed by atoms with Crippen LogP contribution in [-0.4, -0.2) is 97.2 Å². The fourth-order valence-electron chi connectivity index (χ4n) is 8.36. The van der Waals surface area contributed by atoms with Gasteiger partial charge in [0.25, 0.3) is 0 Å². The number of amides is 3. The molecule has 49 heavy (non-hydrogen) atoms. The summed E-state index contributed by atoms with van der Waals surface area (Å²) in [4.78, 5) is 49.4. The summed E-state index contributed by atoms with van der Waals surface area (Å²) in [6, 6.07) is 13.0. The summed E-state index contributed by atoms with van der Waals surface area (Å²) in [5.41, 5.74) is -0.122. The molecule has 3 saturated heterocycles. The standard InChI is InChI=1S/C37H46N6O6/c1-6-21-40(24-42-29-14-12-11-13-28(29)38-39-42)35(47)32-37-20-19-36(9-4,49-37)30(31(37)34(46)43(32)25(8-3)23-44)33(45)41(22-7-2)26-15-17-27(18-16-26)48-10-5/h6-7,11-18,25,30-32,44H,1-2,8-10,19-24H2,3-5H3/t25-,30-,31-,32?,36+,37?/m0/s1. The first-order valence-electron chi connectivity index (χ1n) is 17.2. The topological polar surface area (TPSA) is 130 Å². The molecule has 3 aliphatic rings. The van der Waals surface area contributed by atoms with Crippen molar-refractivity contribution >= 4 is 34.4 Å². The molecule has 3 amide bonds. The number of benzene rings is 2. The number of aliphatic hydroxyl groups is 1. The smallest absolute Gasteiger partial charge is 0.250 e. The summed E-state index contributed by atoms with van der Waals surface area (Å²) in [5, 5.41) is 19.1. The number of aliphatic hydroxyl groups excluding tert-OH is 1. The number of likely N-dealkylation sites (tertiary alicyclic amines) is 1. The minimum Gasteiger partial charge on any atom is -0.494 e. The molecule has 0 radical (unpaired) electrons. The van der Waals surface area contributed by atoms with Crippen LogP contribution < -0.4 is 9.64 Å². The number of ether oxygens (including phenoxy) is 2. The molecule has 4 heterocycles. The lowest BCUT2D eigenvalue weighted by molar-refractivity contribution is -0.157. The maximum atomic E-state index is 15.0. The van der Waals surface area contributed by atoms with Crippen LogP contribution in [0.2, 0.25) is 0 Å². The Kier molecular flexibility index (Phi) is 9.63. The van der Waals surface area contributed by atoms with E-state index in [9.17, 15) is 19.5 Å². The van der Waals surface area contributed by atoms with E-state index in [0.29, 0.717) is 49.2 Å². The number of hydrogen-bond acceptors (Lipinski definition) is 8. The normalized spacial score (nSPS) is 26.1. The van der Waals surface area contributed by atoms with Crippen molar-refractivity contribution in [1.82, 2.24) is 24.8 Å². The molecule has 3 aromatic rings. The second kappa shape index (κ2) is 13.8. The highest BCUT2D eigenvalue weighted by Gasteiger charge is 2.79. The zero-order valence-corrected chi connectivity index (χ0v) is 28.5. The SMILES string of the molecule is C=CCN(Cn1nnc2ccccc21)C(=O)C1N([C@@H](CC)CO)C(=O)[C@@H]2[C@@H](C(=O)N(CC=C)c3ccc(OCC)cc3)[C@@]3(CC)CCC12O3. The van der Waals surface area contributed by atoms with Gasteiger partial charge in [0.15, 0.2) is 0 Å². The molecule has 260 valence electrons. The van der Waals surface area contributed by atoms with Crippen LogP contribution in [0.15, 0.2) is 73.8 Å². The average molecular weight is 671 g/mol. The third kappa shape index (κ3) is 5.51. The number of anilines is 1. The molecule has 12 nitrogen and oxygen atoms in total. The molecule has 1 aromatic heterocycles. The Morgan fingerprint density at radius 2 is 1.82 bits per heavy atom. The van der Waals surface area contributed by atoms with Crippen LogP contribution in [0, 0.1) is 11.8 Å². The van der Waals surface area contributed by atoms with Gasteiger partial charge in [0.2, 0.25) is 17.7 Å². The molecule has 2 aromatic carbocycles. The number of fused-ring (bicyclic) bond motifs is 2. The van der Waals surface area contributed by atoms with Crippen molar-refractivity contribution in [3.8, 4) is 5.75 Å². The fraction of sp³-hybridized carbons (Fsp3) is 0.486. The van der Waals surface area contributed by atoms with Crippen molar-refractivity contribution in [2.75, 3.05) is 31.2 Å². The Bertz CT molecular complexity index is 1720. The second-order valence-corrected chi connectivity index (χ2v) is 13.1. The Labute approximate surface area is 286 Å². The molecule has 2 unspecified atom stereocenters. The first-order valence-corrected chi connectivity index (χ1v) is 17.2. The van der Waals surface area contributed by atoms with Crippen LogP contribution in [0.5, 0.6) is 5.75 Å². The van der Waals surface area contributed by atoms with Gasteiger partial charge in [-0.1, -0.05) is 43.3 Å². The number of rotatable bonds is 15. The van der Waals surface area contributed by atoms with Gasteiger partial charge in [0, 0.05) is 18.8 Å². The van der Waals surface area contributed by atoms with Gasteiger partial charge in [0.1, 0.15) is 29.6 Å². The van der Waals surface area contributed by atoms with Crippen LogP contribution in [0.25, 0.3) is 11.0 Å². The lowest BCUT2D eigenvalue weighted by Crippen LogP contribution is -2.59. The highest BCUT2D eigenvalue weighted by atomic mass is 16.5. The van der Waals surface area contributed by atoms with Crippen LogP contribution in [-0.2, 0) is 25.8 Å². The van der Waals surface area contributed by atoms with E-state index >= 15 is 0 Å². The zero-order chi connectivity index (χ0) is 34.9. The number of aromatic nitrogens is 3. The summed E-state index contributed by atoms with van der Waals surface area (Å²) in [7, 11) is 0. The molecule has 6 atom stereocenters. The van der Waals surface area contributed by atoms with Crippen LogP contribution in [0.4, 0.5) is 5.69 Å². The van der Waals surface area contributed by atoms with Gasteiger partial charge in [-0.15, -0.1) is 18.3 Å². The summed E-state index contributed by atoms with van der Waals surface area (Å²) in [6.07, 6.45) is 5.13. The van der Waals surface area contributed by atoms with Crippen molar-refractivity contribution in [2.45, 2.75) is 76.4 Å². The molecule has 3 aliphatic heterocycles. The predicted molar refractivity (Wildman–Crippen MR) is 184 cm³/mol. The fourth-order valence-corrected chi connectivity index (χ4v) is 8.36. The van der Waals surface area contributed by atoms with Gasteiger partial charge in [0.05, 0.1) is 42.2 Å². The van der Waals surface area contributed by atoms with Gasteiger partial charge in [-0.05, 0) is 69.0 Å². The van der Waals surface area contributed by atoms with Gasteiger partial charge in [-0.25, -0.2) is 4.68 Å². The number of carbonyl (C=O) groups excluding carboxylic acids is 3. The zero-order valence-electron chi connectivity index (χ0n) is 28.5. The van der Waals surface area contributed by atoms with E-state index < -0.39 is 35.1 Å². The van der Waals surface area contributed by atoms with Gasteiger partial charge in [-0.3, -0.25) is 14.4 Å². The molecule has 2 bridgehead atoms. The third-order valence-electron chi connectivity index (χ3n) is 10.6. The molecular weight excluding hydrogens is 624 g/mol. The van der Waals surface area contributed by atoms with E-state index in [1.807, 2.05) is 69.3 Å². The van der Waals surface area contributed by atoms with E-state index in [4.69, 9.17) is 9.47 Å². The van der Waals surface area contributed by atoms with Crippen molar-refractivity contribution in [2.24, 2.45) is 11.8 Å². The molecule has 0 aliphatic carbocycles. The quantitative estimate of drug-likeness (QED) is 0.241. The van der Waals surface area contributed by atoms with Crippen LogP contribution >= 0.6 is 0 Å². The molecule has 12 heteroatoms. The van der Waals surface area contributed by atoms with E-state index in [1.54, 1.807) is 26.6 Å². The summed E-state index contributed by atoms with van der Waals surface area (Å²) < 4.78 is 14.3. The van der Waals surface area contributed by atoms with E-state index in [0.717, 1.165) is 5.52 Å². The lowest BCUT2D eigenvalue weighted by Gasteiger charge is -2.39. The van der Waals surface area contributed by atoms with Crippen LogP contribution in [0.1, 0.15) is 46.5 Å². The van der Waals surface area contributed by atoms with Gasteiger partial charge < -0.3 is 29.3 Å². The van der Waals surface area contributed by atoms with E-state index in [1.165, 1.54) is 4.90 Å². The Morgan fingerprint density at radius 3 is 2.47 bits per heavy atom. The molecule has 3 fully saturated rings. The van der Waals surface area contributed by atoms with Crippen molar-refractivity contribution in [3.63, 3.8) is 0 Å². The summed E-state index contributed by atoms with van der Waals surface area (Å²) in [5.74, 6) is -2.04. The first kappa shape index (κ1) is 34.3. The molecule has 1 N–H and O–H groups in total.